The minimum absolute atomic E-state index is 0.273. The summed E-state index contributed by atoms with van der Waals surface area (Å²) in [5, 5.41) is 3.53. The van der Waals surface area contributed by atoms with Gasteiger partial charge in [0.2, 0.25) is 0 Å². The van der Waals surface area contributed by atoms with Crippen molar-refractivity contribution in [3.05, 3.63) is 0 Å². The Morgan fingerprint density at radius 2 is 1.76 bits per heavy atom. The highest BCUT2D eigenvalue weighted by atomic mass is 32.2. The predicted octanol–water partition coefficient (Wildman–Crippen LogP) is 2.62. The van der Waals surface area contributed by atoms with Crippen LogP contribution in [0.25, 0.3) is 0 Å². The van der Waals surface area contributed by atoms with Gasteiger partial charge in [-0.25, -0.2) is 8.42 Å². The fourth-order valence-corrected chi connectivity index (χ4v) is 2.76. The van der Waals surface area contributed by atoms with Crippen LogP contribution >= 0.6 is 0 Å². The number of unbranched alkanes of at least 4 members (excludes halogenated alkanes) is 1. The summed E-state index contributed by atoms with van der Waals surface area (Å²) >= 11 is 0. The molecular formula is C13H29NO2S. The third-order valence-corrected chi connectivity index (χ3v) is 4.91. The molecule has 0 aromatic rings. The van der Waals surface area contributed by atoms with Crippen LogP contribution in [0.1, 0.15) is 53.4 Å². The molecule has 104 valence electrons. The van der Waals surface area contributed by atoms with Crippen molar-refractivity contribution < 1.29 is 8.42 Å². The maximum Gasteiger partial charge on any atom is 0.150 e. The fourth-order valence-electron chi connectivity index (χ4n) is 1.83. The summed E-state index contributed by atoms with van der Waals surface area (Å²) in [6.07, 6.45) is 4.02. The zero-order valence-electron chi connectivity index (χ0n) is 11.8. The van der Waals surface area contributed by atoms with Gasteiger partial charge in [0.25, 0.3) is 0 Å². The lowest BCUT2D eigenvalue weighted by molar-refractivity contribution is 0.369. The van der Waals surface area contributed by atoms with E-state index in [1.165, 1.54) is 0 Å². The molecule has 0 saturated heterocycles. The van der Waals surface area contributed by atoms with Gasteiger partial charge in [-0.3, -0.25) is 0 Å². The molecule has 0 aromatic carbocycles. The average molecular weight is 263 g/mol. The van der Waals surface area contributed by atoms with Gasteiger partial charge in [-0.05, 0) is 31.7 Å². The van der Waals surface area contributed by atoms with Crippen molar-refractivity contribution in [1.82, 2.24) is 5.32 Å². The molecule has 0 aliphatic carbocycles. The molecule has 0 bridgehead atoms. The summed E-state index contributed by atoms with van der Waals surface area (Å²) in [7, 11) is -2.78. The van der Waals surface area contributed by atoms with E-state index in [1.807, 2.05) is 0 Å². The Hall–Kier alpha value is -0.0900. The first-order valence-corrected chi connectivity index (χ1v) is 8.68. The van der Waals surface area contributed by atoms with E-state index in [0.717, 1.165) is 32.2 Å². The zero-order valence-corrected chi connectivity index (χ0v) is 12.6. The molecule has 0 heterocycles. The van der Waals surface area contributed by atoms with Crippen LogP contribution in [-0.2, 0) is 9.84 Å². The molecule has 1 atom stereocenters. The van der Waals surface area contributed by atoms with E-state index in [1.54, 1.807) is 6.92 Å². The lowest BCUT2D eigenvalue weighted by Gasteiger charge is -2.22. The SMILES string of the molecule is CCCNC(CCCCS(=O)(=O)CC)C(C)C. The van der Waals surface area contributed by atoms with Crippen molar-refractivity contribution in [2.45, 2.75) is 59.4 Å². The van der Waals surface area contributed by atoms with Crippen LogP contribution in [0.15, 0.2) is 0 Å². The Labute approximate surface area is 107 Å². The van der Waals surface area contributed by atoms with E-state index in [9.17, 15) is 8.42 Å². The molecule has 0 spiro atoms. The summed E-state index contributed by atoms with van der Waals surface area (Å²) in [5.41, 5.74) is 0. The normalized spacial score (nSPS) is 14.2. The second-order valence-corrected chi connectivity index (χ2v) is 7.51. The number of rotatable bonds is 10. The predicted molar refractivity (Wildman–Crippen MR) is 75.1 cm³/mol. The van der Waals surface area contributed by atoms with Crippen LogP contribution in [0.2, 0.25) is 0 Å². The topological polar surface area (TPSA) is 46.2 Å². The number of hydrogen-bond acceptors (Lipinski definition) is 3. The number of sulfone groups is 1. The summed E-state index contributed by atoms with van der Waals surface area (Å²) in [6, 6.07) is 0.527. The summed E-state index contributed by atoms with van der Waals surface area (Å²) < 4.78 is 22.7. The van der Waals surface area contributed by atoms with E-state index in [4.69, 9.17) is 0 Å². The third kappa shape index (κ3) is 8.61. The van der Waals surface area contributed by atoms with Gasteiger partial charge in [0.1, 0.15) is 9.84 Å². The largest absolute Gasteiger partial charge is 0.314 e. The van der Waals surface area contributed by atoms with Crippen LogP contribution in [-0.4, -0.2) is 32.5 Å². The Morgan fingerprint density at radius 3 is 2.24 bits per heavy atom. The van der Waals surface area contributed by atoms with Gasteiger partial charge in [-0.15, -0.1) is 0 Å². The maximum atomic E-state index is 11.3. The zero-order chi connectivity index (χ0) is 13.3. The third-order valence-electron chi connectivity index (χ3n) is 3.12. The van der Waals surface area contributed by atoms with Gasteiger partial charge in [-0.1, -0.05) is 34.1 Å². The van der Waals surface area contributed by atoms with Crippen LogP contribution < -0.4 is 5.32 Å². The molecule has 0 amide bonds. The van der Waals surface area contributed by atoms with Gasteiger partial charge >= 0.3 is 0 Å². The first-order valence-electron chi connectivity index (χ1n) is 6.86. The molecule has 0 rings (SSSR count). The first-order chi connectivity index (χ1) is 7.93. The minimum atomic E-state index is -2.78. The second kappa shape index (κ2) is 8.92. The van der Waals surface area contributed by atoms with Crippen molar-refractivity contribution in [2.24, 2.45) is 5.92 Å². The lowest BCUT2D eigenvalue weighted by atomic mass is 9.98. The van der Waals surface area contributed by atoms with E-state index < -0.39 is 9.84 Å². The van der Waals surface area contributed by atoms with Crippen LogP contribution in [0.5, 0.6) is 0 Å². The molecule has 0 fully saturated rings. The Morgan fingerprint density at radius 1 is 1.12 bits per heavy atom. The highest BCUT2D eigenvalue weighted by molar-refractivity contribution is 7.91. The van der Waals surface area contributed by atoms with Gasteiger partial charge in [0.15, 0.2) is 0 Å². The van der Waals surface area contributed by atoms with Gasteiger partial charge in [-0.2, -0.15) is 0 Å². The number of hydrogen-bond donors (Lipinski definition) is 1. The number of nitrogens with one attached hydrogen (secondary N) is 1. The second-order valence-electron chi connectivity index (χ2n) is 5.04. The van der Waals surface area contributed by atoms with E-state index in [-0.39, 0.29) is 5.75 Å². The standard InChI is InChI=1S/C13H29NO2S/c1-5-10-14-13(12(3)4)9-7-8-11-17(15,16)6-2/h12-14H,5-11H2,1-4H3. The van der Waals surface area contributed by atoms with Crippen LogP contribution in [0.3, 0.4) is 0 Å². The molecule has 0 aromatic heterocycles. The van der Waals surface area contributed by atoms with Crippen molar-refractivity contribution >= 4 is 9.84 Å². The maximum absolute atomic E-state index is 11.3. The molecule has 17 heavy (non-hydrogen) atoms. The Bertz CT molecular complexity index is 273. The van der Waals surface area contributed by atoms with Crippen LogP contribution in [0, 0.1) is 5.92 Å². The fraction of sp³-hybridized carbons (Fsp3) is 1.00. The lowest BCUT2D eigenvalue weighted by Crippen LogP contribution is -2.34. The Balaban J connectivity index is 3.82. The molecule has 0 aliphatic rings. The highest BCUT2D eigenvalue weighted by Crippen LogP contribution is 2.11. The average Bonchev–Trinajstić information content (AvgIpc) is 2.27. The minimum Gasteiger partial charge on any atom is -0.314 e. The van der Waals surface area contributed by atoms with Gasteiger partial charge in [0, 0.05) is 11.8 Å². The molecule has 1 N–H and O–H groups in total. The summed E-state index contributed by atoms with van der Waals surface area (Å²) in [5.74, 6) is 1.24. The van der Waals surface area contributed by atoms with Crippen molar-refractivity contribution in [3.8, 4) is 0 Å². The molecule has 1 unspecified atom stereocenters. The molecule has 0 aliphatic heterocycles. The van der Waals surface area contributed by atoms with Gasteiger partial charge < -0.3 is 5.32 Å². The highest BCUT2D eigenvalue weighted by Gasteiger charge is 2.13. The first kappa shape index (κ1) is 16.9. The van der Waals surface area contributed by atoms with E-state index >= 15 is 0 Å². The smallest absolute Gasteiger partial charge is 0.150 e. The van der Waals surface area contributed by atoms with E-state index in [0.29, 0.717) is 17.7 Å². The van der Waals surface area contributed by atoms with Crippen molar-refractivity contribution in [3.63, 3.8) is 0 Å². The molecule has 4 heteroatoms. The monoisotopic (exact) mass is 263 g/mol. The quantitative estimate of drug-likeness (QED) is 0.616. The van der Waals surface area contributed by atoms with E-state index in [2.05, 4.69) is 26.1 Å². The molecule has 0 radical (unpaired) electrons. The molecular weight excluding hydrogens is 234 g/mol. The summed E-state index contributed by atoms with van der Waals surface area (Å²) in [4.78, 5) is 0. The van der Waals surface area contributed by atoms with Gasteiger partial charge in [0.05, 0.1) is 5.75 Å². The molecule has 3 nitrogen and oxygen atoms in total. The van der Waals surface area contributed by atoms with Crippen molar-refractivity contribution in [1.29, 1.82) is 0 Å². The Kier molecular flexibility index (Phi) is 8.88. The van der Waals surface area contributed by atoms with Crippen LogP contribution in [0.4, 0.5) is 0 Å². The summed E-state index contributed by atoms with van der Waals surface area (Å²) in [6.45, 7) is 9.37. The van der Waals surface area contributed by atoms with Crippen molar-refractivity contribution in [2.75, 3.05) is 18.1 Å². The molecule has 0 saturated carbocycles.